The van der Waals surface area contributed by atoms with Gasteiger partial charge in [-0.15, -0.1) is 39.5 Å². The molecule has 0 aliphatic rings. The maximum atomic E-state index is 12.0. The van der Waals surface area contributed by atoms with E-state index < -0.39 is 38.5 Å². The summed E-state index contributed by atoms with van der Waals surface area (Å²) in [4.78, 5) is 12.0. The lowest BCUT2D eigenvalue weighted by atomic mass is 10.5. The molecule has 7 heteroatoms. The quantitative estimate of drug-likeness (QED) is 0.0891. The molecule has 0 amide bonds. The highest BCUT2D eigenvalue weighted by Crippen LogP contribution is 2.27. The molecular weight excluding hydrogens is 485 g/mol. The van der Waals surface area contributed by atoms with Gasteiger partial charge < -0.3 is 9.47 Å². The van der Waals surface area contributed by atoms with Crippen molar-refractivity contribution >= 4 is 38.5 Å². The SMILES string of the molecule is C=C[Si](C=C)(C=C)CC[Si](C)(C)CCCOC(=O)OCCC[Si](C)(C)CC[Si](C=C)(C=C)C=C. The van der Waals surface area contributed by atoms with E-state index in [-0.39, 0.29) is 0 Å². The Balaban J connectivity index is 4.19. The molecule has 0 N–H and O–H groups in total. The number of carbonyl (C=O) groups excluding carboxylic acids is 1. The second kappa shape index (κ2) is 15.5. The second-order valence-corrected chi connectivity index (χ2v) is 29.5. The lowest BCUT2D eigenvalue weighted by Gasteiger charge is -2.27. The van der Waals surface area contributed by atoms with Crippen molar-refractivity contribution in [2.24, 2.45) is 0 Å². The van der Waals surface area contributed by atoms with Gasteiger partial charge in [-0.2, -0.15) is 0 Å². The molecule has 0 aromatic rings. The average molecular weight is 535 g/mol. The summed E-state index contributed by atoms with van der Waals surface area (Å²) in [5.74, 6) is 0. The average Bonchev–Trinajstić information content (AvgIpc) is 2.82. The fraction of sp³-hybridized carbons (Fsp3) is 0.519. The van der Waals surface area contributed by atoms with Gasteiger partial charge in [0, 0.05) is 16.1 Å². The fourth-order valence-electron chi connectivity index (χ4n) is 3.93. The van der Waals surface area contributed by atoms with Gasteiger partial charge in [0.25, 0.3) is 0 Å². The summed E-state index contributed by atoms with van der Waals surface area (Å²) < 4.78 is 10.6. The van der Waals surface area contributed by atoms with Gasteiger partial charge in [0.15, 0.2) is 0 Å². The van der Waals surface area contributed by atoms with Gasteiger partial charge in [-0.05, 0) is 24.9 Å². The summed E-state index contributed by atoms with van der Waals surface area (Å²) in [6.45, 7) is 34.5. The molecule has 0 radical (unpaired) electrons. The maximum absolute atomic E-state index is 12.0. The van der Waals surface area contributed by atoms with E-state index in [9.17, 15) is 4.79 Å². The molecule has 0 saturated heterocycles. The van der Waals surface area contributed by atoms with Crippen molar-refractivity contribution in [3.63, 3.8) is 0 Å². The van der Waals surface area contributed by atoms with Crippen molar-refractivity contribution in [1.29, 1.82) is 0 Å². The molecule has 0 aromatic carbocycles. The molecule has 0 saturated carbocycles. The third kappa shape index (κ3) is 12.3. The van der Waals surface area contributed by atoms with Crippen molar-refractivity contribution < 1.29 is 14.3 Å². The highest BCUT2D eigenvalue weighted by molar-refractivity contribution is 6.95. The van der Waals surface area contributed by atoms with Crippen molar-refractivity contribution in [2.45, 2.75) is 75.3 Å². The molecule has 0 aliphatic heterocycles. The molecular formula is C27H50O3Si4. The van der Waals surface area contributed by atoms with E-state index in [1.54, 1.807) is 0 Å². The zero-order valence-corrected chi connectivity index (χ0v) is 26.5. The molecule has 0 aliphatic carbocycles. The van der Waals surface area contributed by atoms with Crippen LogP contribution in [0.5, 0.6) is 0 Å². The molecule has 34 heavy (non-hydrogen) atoms. The van der Waals surface area contributed by atoms with Crippen LogP contribution in [0.25, 0.3) is 0 Å². The van der Waals surface area contributed by atoms with E-state index in [4.69, 9.17) is 9.47 Å². The van der Waals surface area contributed by atoms with Crippen LogP contribution in [0.3, 0.4) is 0 Å². The fourth-order valence-corrected chi connectivity index (χ4v) is 17.7. The summed E-state index contributed by atoms with van der Waals surface area (Å²) in [5.41, 5.74) is 12.4. The molecule has 0 aromatic heterocycles. The van der Waals surface area contributed by atoms with Gasteiger partial charge in [0.05, 0.1) is 13.2 Å². The summed E-state index contributed by atoms with van der Waals surface area (Å²) in [5, 5.41) is 0. The zero-order chi connectivity index (χ0) is 26.3. The van der Waals surface area contributed by atoms with Gasteiger partial charge in [0.1, 0.15) is 16.1 Å². The van der Waals surface area contributed by atoms with Crippen molar-refractivity contribution in [2.75, 3.05) is 13.2 Å². The Morgan fingerprint density at radius 1 is 0.559 bits per heavy atom. The largest absolute Gasteiger partial charge is 0.508 e. The summed E-state index contributed by atoms with van der Waals surface area (Å²) in [7, 11) is -6.20. The number of hydrogen-bond donors (Lipinski definition) is 0. The Bertz CT molecular complexity index is 611. The van der Waals surface area contributed by atoms with Crippen LogP contribution in [0.2, 0.25) is 62.5 Å². The van der Waals surface area contributed by atoms with Gasteiger partial charge in [-0.3, -0.25) is 0 Å². The predicted octanol–water partition coefficient (Wildman–Crippen LogP) is 8.59. The minimum Gasteiger partial charge on any atom is -0.434 e. The first-order valence-corrected chi connectivity index (χ1v) is 24.2. The van der Waals surface area contributed by atoms with Crippen LogP contribution in [0.1, 0.15) is 12.8 Å². The maximum Gasteiger partial charge on any atom is 0.508 e. The van der Waals surface area contributed by atoms with E-state index >= 15 is 0 Å². The van der Waals surface area contributed by atoms with E-state index in [0.29, 0.717) is 13.2 Å². The van der Waals surface area contributed by atoms with E-state index in [1.165, 1.54) is 12.1 Å². The number of hydrogen-bond acceptors (Lipinski definition) is 3. The Hall–Kier alpha value is -1.42. The highest BCUT2D eigenvalue weighted by Gasteiger charge is 2.29. The van der Waals surface area contributed by atoms with E-state index in [2.05, 4.69) is 99.9 Å². The van der Waals surface area contributed by atoms with Crippen molar-refractivity contribution in [1.82, 2.24) is 0 Å². The Kier molecular flexibility index (Phi) is 14.9. The standard InChI is InChI=1S/C27H50O3Si4/c1-11-33(12-2,13-3)25-23-31(7,8)21-17-19-29-27(28)30-20-18-22-32(9,10)24-26-34(14-4,15-5)16-6/h11-16H,1-6,17-26H2,7-10H3. The van der Waals surface area contributed by atoms with Crippen molar-refractivity contribution in [3.05, 3.63) is 73.7 Å². The lowest BCUT2D eigenvalue weighted by molar-refractivity contribution is 0.0553. The van der Waals surface area contributed by atoms with Crippen LogP contribution >= 0.6 is 0 Å². The Labute approximate surface area is 214 Å². The lowest BCUT2D eigenvalue weighted by Crippen LogP contribution is -2.33. The molecule has 0 fully saturated rings. The molecule has 0 unspecified atom stereocenters. The molecule has 0 heterocycles. The molecule has 0 bridgehead atoms. The van der Waals surface area contributed by atoms with Crippen LogP contribution in [0, 0.1) is 0 Å². The van der Waals surface area contributed by atoms with Gasteiger partial charge in [-0.1, -0.05) is 84.6 Å². The molecule has 0 spiro atoms. The monoisotopic (exact) mass is 534 g/mol. The zero-order valence-electron chi connectivity index (χ0n) is 22.5. The first-order valence-electron chi connectivity index (χ1n) is 12.5. The Morgan fingerprint density at radius 3 is 1.12 bits per heavy atom. The smallest absolute Gasteiger partial charge is 0.434 e. The van der Waals surface area contributed by atoms with E-state index in [1.807, 2.05) is 0 Å². The number of ether oxygens (including phenoxy) is 2. The Morgan fingerprint density at radius 2 is 0.853 bits per heavy atom. The summed E-state index contributed by atoms with van der Waals surface area (Å²) >= 11 is 0. The molecule has 0 rings (SSSR count). The topological polar surface area (TPSA) is 35.5 Å². The van der Waals surface area contributed by atoms with E-state index in [0.717, 1.165) is 37.0 Å². The summed E-state index contributed by atoms with van der Waals surface area (Å²) in [6, 6.07) is 6.93. The highest BCUT2D eigenvalue weighted by atomic mass is 28.3. The molecule has 3 nitrogen and oxygen atoms in total. The predicted molar refractivity (Wildman–Crippen MR) is 163 cm³/mol. The van der Waals surface area contributed by atoms with Crippen LogP contribution in [-0.4, -0.2) is 51.7 Å². The van der Waals surface area contributed by atoms with Crippen LogP contribution in [0.4, 0.5) is 4.79 Å². The first-order chi connectivity index (χ1) is 15.9. The van der Waals surface area contributed by atoms with Crippen LogP contribution in [-0.2, 0) is 9.47 Å². The number of rotatable bonds is 20. The minimum absolute atomic E-state index is 0.430. The van der Waals surface area contributed by atoms with Gasteiger partial charge >= 0.3 is 6.16 Å². The van der Waals surface area contributed by atoms with Crippen LogP contribution in [0.15, 0.2) is 73.7 Å². The first kappa shape index (κ1) is 32.6. The number of carbonyl (C=O) groups is 1. The molecule has 0 atom stereocenters. The second-order valence-electron chi connectivity index (χ2n) is 10.9. The van der Waals surface area contributed by atoms with Gasteiger partial charge in [-0.25, -0.2) is 4.79 Å². The normalized spacial score (nSPS) is 12.4. The third-order valence-corrected chi connectivity index (χ3v) is 21.6. The third-order valence-electron chi connectivity index (χ3n) is 7.19. The minimum atomic E-state index is -1.73. The molecule has 192 valence electrons. The van der Waals surface area contributed by atoms with Crippen molar-refractivity contribution in [3.8, 4) is 0 Å². The van der Waals surface area contributed by atoms with Crippen LogP contribution < -0.4 is 0 Å². The summed E-state index contributed by atoms with van der Waals surface area (Å²) in [6.07, 6.45) is 1.24. The van der Waals surface area contributed by atoms with Gasteiger partial charge in [0.2, 0.25) is 0 Å².